The fraction of sp³-hybridized carbons (Fsp3) is 0.391. The minimum Gasteiger partial charge on any atom is -0.486 e. The van der Waals surface area contributed by atoms with Gasteiger partial charge in [0, 0.05) is 31.3 Å². The van der Waals surface area contributed by atoms with E-state index in [9.17, 15) is 9.59 Å². The molecule has 2 aromatic carbocycles. The summed E-state index contributed by atoms with van der Waals surface area (Å²) in [6.45, 7) is 2.20. The standard InChI is InChI=1S/C23H24N2O4/c26-22-13-17(15-25(22)18-8-9-20-21(14-18)29-12-11-28-20)23(27)24-10-4-7-19(24)16-5-2-1-3-6-16/h1-3,5-6,8-9,14,17,19H,4,7,10-13,15H2. The van der Waals surface area contributed by atoms with E-state index in [-0.39, 0.29) is 30.2 Å². The smallest absolute Gasteiger partial charge is 0.228 e. The lowest BCUT2D eigenvalue weighted by molar-refractivity contribution is -0.136. The van der Waals surface area contributed by atoms with Crippen LogP contribution in [0, 0.1) is 5.92 Å². The van der Waals surface area contributed by atoms with Crippen LogP contribution in [0.5, 0.6) is 11.5 Å². The molecule has 0 bridgehead atoms. The summed E-state index contributed by atoms with van der Waals surface area (Å²) in [6.07, 6.45) is 2.23. The number of anilines is 1. The summed E-state index contributed by atoms with van der Waals surface area (Å²) in [5, 5.41) is 0. The fourth-order valence-electron chi connectivity index (χ4n) is 4.61. The number of hydrogen-bond acceptors (Lipinski definition) is 4. The monoisotopic (exact) mass is 392 g/mol. The summed E-state index contributed by atoms with van der Waals surface area (Å²) in [7, 11) is 0. The number of benzene rings is 2. The van der Waals surface area contributed by atoms with Crippen LogP contribution in [0.1, 0.15) is 30.9 Å². The summed E-state index contributed by atoms with van der Waals surface area (Å²) in [4.78, 5) is 29.7. The highest BCUT2D eigenvalue weighted by molar-refractivity contribution is 6.00. The topological polar surface area (TPSA) is 59.1 Å². The molecule has 2 saturated heterocycles. The van der Waals surface area contributed by atoms with Gasteiger partial charge in [-0.25, -0.2) is 0 Å². The fourth-order valence-corrected chi connectivity index (χ4v) is 4.61. The largest absolute Gasteiger partial charge is 0.486 e. The second-order valence-electron chi connectivity index (χ2n) is 7.83. The highest BCUT2D eigenvalue weighted by Gasteiger charge is 2.40. The van der Waals surface area contributed by atoms with E-state index in [1.165, 1.54) is 5.56 Å². The normalized spacial score (nSPS) is 23.5. The molecule has 2 atom stereocenters. The predicted octanol–water partition coefficient (Wildman–Crippen LogP) is 3.17. The van der Waals surface area contributed by atoms with Crippen LogP contribution >= 0.6 is 0 Å². The van der Waals surface area contributed by atoms with Crippen LogP contribution < -0.4 is 14.4 Å². The van der Waals surface area contributed by atoms with Crippen molar-refractivity contribution in [1.29, 1.82) is 0 Å². The number of fused-ring (bicyclic) bond motifs is 1. The first-order valence-electron chi connectivity index (χ1n) is 10.3. The molecule has 0 saturated carbocycles. The van der Waals surface area contributed by atoms with E-state index >= 15 is 0 Å². The molecule has 2 fully saturated rings. The molecular weight excluding hydrogens is 368 g/mol. The summed E-state index contributed by atoms with van der Waals surface area (Å²) >= 11 is 0. The van der Waals surface area contributed by atoms with Crippen molar-refractivity contribution >= 4 is 17.5 Å². The molecule has 6 heteroatoms. The van der Waals surface area contributed by atoms with E-state index in [1.807, 2.05) is 41.3 Å². The minimum absolute atomic E-state index is 0.0181. The third-order valence-corrected chi connectivity index (χ3v) is 6.03. The molecule has 5 rings (SSSR count). The molecule has 29 heavy (non-hydrogen) atoms. The van der Waals surface area contributed by atoms with Crippen LogP contribution in [0.2, 0.25) is 0 Å². The maximum absolute atomic E-state index is 13.3. The summed E-state index contributed by atoms with van der Waals surface area (Å²) in [5.74, 6) is 1.11. The molecule has 6 nitrogen and oxygen atoms in total. The lowest BCUT2D eigenvalue weighted by atomic mass is 10.0. The predicted molar refractivity (Wildman–Crippen MR) is 108 cm³/mol. The highest BCUT2D eigenvalue weighted by Crippen LogP contribution is 2.38. The van der Waals surface area contributed by atoms with E-state index in [1.54, 1.807) is 4.90 Å². The van der Waals surface area contributed by atoms with Gasteiger partial charge in [-0.3, -0.25) is 9.59 Å². The number of amides is 2. The van der Waals surface area contributed by atoms with E-state index in [2.05, 4.69) is 12.1 Å². The van der Waals surface area contributed by atoms with Crippen molar-refractivity contribution in [2.45, 2.75) is 25.3 Å². The first-order valence-corrected chi connectivity index (χ1v) is 10.3. The first-order chi connectivity index (χ1) is 14.2. The van der Waals surface area contributed by atoms with Gasteiger partial charge >= 0.3 is 0 Å². The molecule has 0 aromatic heterocycles. The Kier molecular flexibility index (Phi) is 4.62. The van der Waals surface area contributed by atoms with E-state index < -0.39 is 0 Å². The zero-order valence-corrected chi connectivity index (χ0v) is 16.3. The molecule has 0 radical (unpaired) electrons. The molecule has 0 aliphatic carbocycles. The third kappa shape index (κ3) is 3.33. The highest BCUT2D eigenvalue weighted by atomic mass is 16.6. The van der Waals surface area contributed by atoms with Gasteiger partial charge in [-0.15, -0.1) is 0 Å². The zero-order valence-electron chi connectivity index (χ0n) is 16.3. The van der Waals surface area contributed by atoms with Crippen LogP contribution in [-0.4, -0.2) is 43.0 Å². The summed E-state index contributed by atoms with van der Waals surface area (Å²) in [5.41, 5.74) is 1.93. The van der Waals surface area contributed by atoms with Gasteiger partial charge in [-0.1, -0.05) is 30.3 Å². The van der Waals surface area contributed by atoms with Crippen LogP contribution in [0.15, 0.2) is 48.5 Å². The van der Waals surface area contributed by atoms with Crippen molar-refractivity contribution in [3.05, 3.63) is 54.1 Å². The Bertz CT molecular complexity index is 930. The average Bonchev–Trinajstić information content (AvgIpc) is 3.40. The minimum atomic E-state index is -0.306. The zero-order chi connectivity index (χ0) is 19.8. The average molecular weight is 392 g/mol. The number of ether oxygens (including phenoxy) is 2. The molecule has 3 aliphatic rings. The molecule has 2 aromatic rings. The number of nitrogens with zero attached hydrogens (tertiary/aromatic N) is 2. The lowest BCUT2D eigenvalue weighted by Gasteiger charge is -2.28. The molecule has 3 aliphatic heterocycles. The SMILES string of the molecule is O=C1CC(C(=O)N2CCCC2c2ccccc2)CN1c1ccc2c(c1)OCCO2. The first kappa shape index (κ1) is 18.0. The quantitative estimate of drug-likeness (QED) is 0.805. The Hall–Kier alpha value is -3.02. The van der Waals surface area contributed by atoms with Crippen molar-refractivity contribution in [2.24, 2.45) is 5.92 Å². The number of carbonyl (C=O) groups excluding carboxylic acids is 2. The molecule has 3 heterocycles. The van der Waals surface area contributed by atoms with Crippen molar-refractivity contribution < 1.29 is 19.1 Å². The maximum atomic E-state index is 13.3. The van der Waals surface area contributed by atoms with Gasteiger partial charge in [0.05, 0.1) is 12.0 Å². The maximum Gasteiger partial charge on any atom is 0.228 e. The van der Waals surface area contributed by atoms with Crippen molar-refractivity contribution in [1.82, 2.24) is 4.90 Å². The van der Waals surface area contributed by atoms with Gasteiger partial charge in [-0.2, -0.15) is 0 Å². The van der Waals surface area contributed by atoms with Crippen molar-refractivity contribution in [3.8, 4) is 11.5 Å². The lowest BCUT2D eigenvalue weighted by Crippen LogP contribution is -2.37. The van der Waals surface area contributed by atoms with Gasteiger partial charge in [0.25, 0.3) is 0 Å². The molecule has 150 valence electrons. The summed E-state index contributed by atoms with van der Waals surface area (Å²) < 4.78 is 11.2. The Morgan fingerprint density at radius 3 is 2.62 bits per heavy atom. The Labute approximate surface area is 170 Å². The molecular formula is C23H24N2O4. The van der Waals surface area contributed by atoms with Gasteiger partial charge in [0.15, 0.2) is 11.5 Å². The Morgan fingerprint density at radius 2 is 1.79 bits per heavy atom. The van der Waals surface area contributed by atoms with Gasteiger partial charge < -0.3 is 19.3 Å². The molecule has 2 unspecified atom stereocenters. The number of likely N-dealkylation sites (tertiary alicyclic amines) is 1. The molecule has 0 N–H and O–H groups in total. The van der Waals surface area contributed by atoms with Crippen LogP contribution in [0.25, 0.3) is 0 Å². The summed E-state index contributed by atoms with van der Waals surface area (Å²) in [6, 6.07) is 15.8. The van der Waals surface area contributed by atoms with Crippen LogP contribution in [-0.2, 0) is 9.59 Å². The molecule has 0 spiro atoms. The molecule has 2 amide bonds. The second kappa shape index (κ2) is 7.43. The van der Waals surface area contributed by atoms with Gasteiger partial charge in [0.2, 0.25) is 11.8 Å². The van der Waals surface area contributed by atoms with Crippen molar-refractivity contribution in [3.63, 3.8) is 0 Å². The third-order valence-electron chi connectivity index (χ3n) is 6.03. The van der Waals surface area contributed by atoms with E-state index in [0.29, 0.717) is 31.3 Å². The van der Waals surface area contributed by atoms with Crippen LogP contribution in [0.3, 0.4) is 0 Å². The number of rotatable bonds is 3. The van der Waals surface area contributed by atoms with Crippen molar-refractivity contribution in [2.75, 3.05) is 31.2 Å². The van der Waals surface area contributed by atoms with Gasteiger partial charge in [-0.05, 0) is 30.5 Å². The van der Waals surface area contributed by atoms with Gasteiger partial charge in [0.1, 0.15) is 13.2 Å². The van der Waals surface area contributed by atoms with Crippen LogP contribution in [0.4, 0.5) is 5.69 Å². The second-order valence-corrected chi connectivity index (χ2v) is 7.83. The Morgan fingerprint density at radius 1 is 1.00 bits per heavy atom. The number of carbonyl (C=O) groups is 2. The number of hydrogen-bond donors (Lipinski definition) is 0. The van der Waals surface area contributed by atoms with E-state index in [4.69, 9.17) is 9.47 Å². The van der Waals surface area contributed by atoms with E-state index in [0.717, 1.165) is 25.1 Å². The Balaban J connectivity index is 1.33.